The van der Waals surface area contributed by atoms with E-state index in [1.807, 2.05) is 0 Å². The predicted octanol–water partition coefficient (Wildman–Crippen LogP) is -0.892. The highest BCUT2D eigenvalue weighted by Gasteiger charge is 1.82. The number of nitrogens with zero attached hydrogens (tertiary/aromatic N) is 2. The van der Waals surface area contributed by atoms with E-state index in [0.717, 1.165) is 0 Å². The zero-order valence-electron chi connectivity index (χ0n) is 3.88. The van der Waals surface area contributed by atoms with Gasteiger partial charge in [-0.25, -0.2) is 9.90 Å². The number of aromatic nitrogens is 3. The standard InChI is InChI=1S/C3H5N3O/c1-6-3(7)2-4-5-6/h2,5H,1H3. The van der Waals surface area contributed by atoms with Crippen molar-refractivity contribution in [3.8, 4) is 0 Å². The molecular weight excluding hydrogens is 94.1 g/mol. The Bertz CT molecular complexity index is 198. The zero-order valence-corrected chi connectivity index (χ0v) is 3.88. The minimum atomic E-state index is -0.111. The molecule has 0 saturated carbocycles. The third kappa shape index (κ3) is 0.534. The van der Waals surface area contributed by atoms with Gasteiger partial charge in [-0.15, -0.1) is 0 Å². The van der Waals surface area contributed by atoms with Crippen molar-refractivity contribution in [1.29, 1.82) is 0 Å². The summed E-state index contributed by atoms with van der Waals surface area (Å²) in [5, 5.41) is 5.87. The van der Waals surface area contributed by atoms with E-state index >= 15 is 0 Å². The molecule has 38 valence electrons. The molecule has 1 aromatic rings. The summed E-state index contributed by atoms with van der Waals surface area (Å²) >= 11 is 0. The summed E-state index contributed by atoms with van der Waals surface area (Å²) in [6.45, 7) is 0. The second-order valence-corrected chi connectivity index (χ2v) is 1.26. The number of rotatable bonds is 0. The van der Waals surface area contributed by atoms with E-state index in [4.69, 9.17) is 0 Å². The fourth-order valence-electron chi connectivity index (χ4n) is 0.307. The fourth-order valence-corrected chi connectivity index (χ4v) is 0.307. The van der Waals surface area contributed by atoms with Crippen molar-refractivity contribution in [2.75, 3.05) is 0 Å². The van der Waals surface area contributed by atoms with E-state index in [2.05, 4.69) is 10.3 Å². The monoisotopic (exact) mass is 99.0 g/mol. The van der Waals surface area contributed by atoms with Gasteiger partial charge in [0.25, 0.3) is 5.56 Å². The van der Waals surface area contributed by atoms with Crippen LogP contribution in [0.3, 0.4) is 0 Å². The summed E-state index contributed by atoms with van der Waals surface area (Å²) in [4.78, 5) is 10.3. The maximum Gasteiger partial charge on any atom is 0.286 e. The lowest BCUT2D eigenvalue weighted by molar-refractivity contribution is 0.695. The van der Waals surface area contributed by atoms with Crippen LogP contribution < -0.4 is 5.56 Å². The van der Waals surface area contributed by atoms with Crippen LogP contribution in [-0.4, -0.2) is 15.0 Å². The Morgan fingerprint density at radius 3 is 2.86 bits per heavy atom. The van der Waals surface area contributed by atoms with Crippen molar-refractivity contribution in [2.24, 2.45) is 7.05 Å². The summed E-state index contributed by atoms with van der Waals surface area (Å²) in [6.07, 6.45) is 1.22. The van der Waals surface area contributed by atoms with Crippen molar-refractivity contribution in [1.82, 2.24) is 15.0 Å². The van der Waals surface area contributed by atoms with Crippen LogP contribution in [0.4, 0.5) is 0 Å². The topological polar surface area (TPSA) is 50.7 Å². The number of hydrogen-bond donors (Lipinski definition) is 1. The molecule has 0 unspecified atom stereocenters. The Morgan fingerprint density at radius 1 is 2.00 bits per heavy atom. The molecule has 1 heterocycles. The molecule has 0 fully saturated rings. The summed E-state index contributed by atoms with van der Waals surface area (Å²) in [6, 6.07) is 0. The third-order valence-corrected chi connectivity index (χ3v) is 0.713. The van der Waals surface area contributed by atoms with Gasteiger partial charge in [-0.3, -0.25) is 4.79 Å². The van der Waals surface area contributed by atoms with E-state index in [0.29, 0.717) is 0 Å². The number of hydrogen-bond acceptors (Lipinski definition) is 2. The number of aryl methyl sites for hydroxylation is 1. The van der Waals surface area contributed by atoms with E-state index in [1.54, 1.807) is 7.05 Å². The normalized spacial score (nSPS) is 9.29. The highest BCUT2D eigenvalue weighted by atomic mass is 16.1. The lowest BCUT2D eigenvalue weighted by Gasteiger charge is -1.77. The average Bonchev–Trinajstić information content (AvgIpc) is 1.91. The minimum absolute atomic E-state index is 0.111. The van der Waals surface area contributed by atoms with Crippen LogP contribution in [0.15, 0.2) is 11.0 Å². The van der Waals surface area contributed by atoms with Crippen molar-refractivity contribution >= 4 is 0 Å². The molecule has 4 nitrogen and oxygen atoms in total. The fraction of sp³-hybridized carbons (Fsp3) is 0.333. The van der Waals surface area contributed by atoms with Gasteiger partial charge in [-0.1, -0.05) is 0 Å². The van der Waals surface area contributed by atoms with E-state index < -0.39 is 0 Å². The maximum absolute atomic E-state index is 10.3. The summed E-state index contributed by atoms with van der Waals surface area (Å²) in [7, 11) is 1.61. The SMILES string of the molecule is Cn1[nH]ncc1=O. The van der Waals surface area contributed by atoms with E-state index in [9.17, 15) is 4.79 Å². The first-order valence-corrected chi connectivity index (χ1v) is 1.87. The van der Waals surface area contributed by atoms with Gasteiger partial charge in [0, 0.05) is 7.05 Å². The minimum Gasteiger partial charge on any atom is -0.266 e. The lowest BCUT2D eigenvalue weighted by atomic mass is 10.9. The number of H-pyrrole nitrogens is 1. The second-order valence-electron chi connectivity index (χ2n) is 1.26. The summed E-state index contributed by atoms with van der Waals surface area (Å²) < 4.78 is 1.29. The average molecular weight is 99.1 g/mol. The van der Waals surface area contributed by atoms with Gasteiger partial charge in [0.05, 0.1) is 0 Å². The van der Waals surface area contributed by atoms with Crippen LogP contribution in [0.25, 0.3) is 0 Å². The molecule has 1 aromatic heterocycles. The van der Waals surface area contributed by atoms with Gasteiger partial charge in [0.1, 0.15) is 6.20 Å². The Labute approximate surface area is 39.8 Å². The molecule has 0 saturated heterocycles. The van der Waals surface area contributed by atoms with Crippen LogP contribution >= 0.6 is 0 Å². The predicted molar refractivity (Wildman–Crippen MR) is 23.8 cm³/mol. The largest absolute Gasteiger partial charge is 0.286 e. The van der Waals surface area contributed by atoms with Crippen LogP contribution in [0.1, 0.15) is 0 Å². The van der Waals surface area contributed by atoms with Crippen molar-refractivity contribution in [3.63, 3.8) is 0 Å². The van der Waals surface area contributed by atoms with Gasteiger partial charge >= 0.3 is 0 Å². The van der Waals surface area contributed by atoms with Crippen LogP contribution in [0.2, 0.25) is 0 Å². The molecule has 0 radical (unpaired) electrons. The van der Waals surface area contributed by atoms with E-state index in [-0.39, 0.29) is 5.56 Å². The molecule has 0 aliphatic carbocycles. The molecule has 0 aliphatic rings. The molecule has 0 aromatic carbocycles. The zero-order chi connectivity index (χ0) is 5.28. The molecule has 1 N–H and O–H groups in total. The van der Waals surface area contributed by atoms with Gasteiger partial charge in [0.15, 0.2) is 0 Å². The molecule has 0 atom stereocenters. The highest BCUT2D eigenvalue weighted by molar-refractivity contribution is 4.64. The first-order chi connectivity index (χ1) is 3.30. The first-order valence-electron chi connectivity index (χ1n) is 1.87. The van der Waals surface area contributed by atoms with Gasteiger partial charge in [-0.2, -0.15) is 5.10 Å². The number of aromatic amines is 1. The van der Waals surface area contributed by atoms with Crippen molar-refractivity contribution in [2.45, 2.75) is 0 Å². The van der Waals surface area contributed by atoms with Gasteiger partial charge in [0.2, 0.25) is 0 Å². The molecule has 7 heavy (non-hydrogen) atoms. The summed E-state index contributed by atoms with van der Waals surface area (Å²) in [5.41, 5.74) is -0.111. The third-order valence-electron chi connectivity index (χ3n) is 0.713. The Hall–Kier alpha value is -1.06. The maximum atomic E-state index is 10.3. The molecule has 0 bridgehead atoms. The first kappa shape index (κ1) is 4.11. The molecule has 4 heteroatoms. The molecule has 1 rings (SSSR count). The highest BCUT2D eigenvalue weighted by Crippen LogP contribution is 1.54. The molecular formula is C3H5N3O. The number of nitrogens with one attached hydrogen (secondary N) is 1. The summed E-state index contributed by atoms with van der Waals surface area (Å²) in [5.74, 6) is 0. The van der Waals surface area contributed by atoms with Crippen LogP contribution in [0, 0.1) is 0 Å². The Kier molecular flexibility index (Phi) is 0.714. The van der Waals surface area contributed by atoms with Crippen molar-refractivity contribution in [3.05, 3.63) is 16.6 Å². The van der Waals surface area contributed by atoms with Crippen molar-refractivity contribution < 1.29 is 0 Å². The Morgan fingerprint density at radius 2 is 2.71 bits per heavy atom. The molecule has 0 aliphatic heterocycles. The van der Waals surface area contributed by atoms with Gasteiger partial charge in [-0.05, 0) is 0 Å². The quantitative estimate of drug-likeness (QED) is 0.458. The molecule has 0 amide bonds. The Balaban J connectivity index is 3.39. The smallest absolute Gasteiger partial charge is 0.266 e. The van der Waals surface area contributed by atoms with Crippen LogP contribution in [0.5, 0.6) is 0 Å². The molecule has 0 spiro atoms. The van der Waals surface area contributed by atoms with E-state index in [1.165, 1.54) is 10.9 Å². The lowest BCUT2D eigenvalue weighted by Crippen LogP contribution is -2.09. The second kappa shape index (κ2) is 1.22. The van der Waals surface area contributed by atoms with Crippen LogP contribution in [-0.2, 0) is 7.05 Å². The van der Waals surface area contributed by atoms with Gasteiger partial charge < -0.3 is 0 Å².